The van der Waals surface area contributed by atoms with Crippen molar-refractivity contribution in [3.05, 3.63) is 36.9 Å². The lowest BCUT2D eigenvalue weighted by Gasteiger charge is -2.06. The van der Waals surface area contributed by atoms with Gasteiger partial charge in [0.15, 0.2) is 5.82 Å². The Morgan fingerprint density at radius 3 is 2.84 bits per heavy atom. The van der Waals surface area contributed by atoms with Gasteiger partial charge in [0.2, 0.25) is 0 Å². The number of nitrogens with zero attached hydrogens (tertiary/aromatic N) is 5. The highest BCUT2D eigenvalue weighted by atomic mass is 16.5. The number of rotatable bonds is 4. The SMILES string of the molecule is COCCn1cnnc1-c1ccc2nccnc2c1. The maximum Gasteiger partial charge on any atom is 0.163 e. The van der Waals surface area contributed by atoms with Gasteiger partial charge < -0.3 is 9.30 Å². The van der Waals surface area contributed by atoms with Crippen LogP contribution >= 0.6 is 0 Å². The third-order valence-electron chi connectivity index (χ3n) is 2.88. The van der Waals surface area contributed by atoms with E-state index in [9.17, 15) is 0 Å². The largest absolute Gasteiger partial charge is 0.383 e. The van der Waals surface area contributed by atoms with Gasteiger partial charge in [-0.05, 0) is 18.2 Å². The zero-order chi connectivity index (χ0) is 13.1. The van der Waals surface area contributed by atoms with Gasteiger partial charge in [-0.3, -0.25) is 9.97 Å². The molecule has 0 radical (unpaired) electrons. The van der Waals surface area contributed by atoms with Crippen LogP contribution in [-0.2, 0) is 11.3 Å². The van der Waals surface area contributed by atoms with E-state index in [0.29, 0.717) is 6.61 Å². The summed E-state index contributed by atoms with van der Waals surface area (Å²) in [6, 6.07) is 5.88. The van der Waals surface area contributed by atoms with E-state index in [2.05, 4.69) is 20.2 Å². The molecular formula is C13H13N5O. The molecular weight excluding hydrogens is 242 g/mol. The van der Waals surface area contributed by atoms with E-state index in [0.717, 1.165) is 29.0 Å². The number of fused-ring (bicyclic) bond motifs is 1. The Bertz CT molecular complexity index is 694. The molecule has 6 heteroatoms. The first-order chi connectivity index (χ1) is 9.38. The average Bonchev–Trinajstić information content (AvgIpc) is 2.93. The predicted molar refractivity (Wildman–Crippen MR) is 70.4 cm³/mol. The first kappa shape index (κ1) is 11.7. The van der Waals surface area contributed by atoms with Crippen molar-refractivity contribution in [3.8, 4) is 11.4 Å². The number of methoxy groups -OCH3 is 1. The van der Waals surface area contributed by atoms with Crippen LogP contribution in [0.3, 0.4) is 0 Å². The van der Waals surface area contributed by atoms with Crippen molar-refractivity contribution < 1.29 is 4.74 Å². The van der Waals surface area contributed by atoms with Crippen molar-refractivity contribution in [2.24, 2.45) is 0 Å². The highest BCUT2D eigenvalue weighted by molar-refractivity contribution is 5.79. The van der Waals surface area contributed by atoms with E-state index in [1.165, 1.54) is 0 Å². The molecule has 0 fully saturated rings. The summed E-state index contributed by atoms with van der Waals surface area (Å²) in [7, 11) is 1.68. The minimum Gasteiger partial charge on any atom is -0.383 e. The van der Waals surface area contributed by atoms with Crippen molar-refractivity contribution in [1.82, 2.24) is 24.7 Å². The van der Waals surface area contributed by atoms with Crippen LogP contribution in [0.15, 0.2) is 36.9 Å². The number of benzene rings is 1. The summed E-state index contributed by atoms with van der Waals surface area (Å²) < 4.78 is 7.04. The number of hydrogen-bond donors (Lipinski definition) is 0. The third-order valence-corrected chi connectivity index (χ3v) is 2.88. The highest BCUT2D eigenvalue weighted by Gasteiger charge is 2.08. The summed E-state index contributed by atoms with van der Waals surface area (Å²) in [5, 5.41) is 8.11. The van der Waals surface area contributed by atoms with Gasteiger partial charge in [0.25, 0.3) is 0 Å². The maximum absolute atomic E-state index is 5.08. The summed E-state index contributed by atoms with van der Waals surface area (Å²) >= 11 is 0. The fraction of sp³-hybridized carbons (Fsp3) is 0.231. The fourth-order valence-electron chi connectivity index (χ4n) is 1.93. The summed E-state index contributed by atoms with van der Waals surface area (Å²) in [5.74, 6) is 0.810. The Labute approximate surface area is 110 Å². The minimum absolute atomic E-state index is 0.623. The van der Waals surface area contributed by atoms with Crippen LogP contribution in [0.1, 0.15) is 0 Å². The van der Waals surface area contributed by atoms with Crippen LogP contribution in [0.25, 0.3) is 22.4 Å². The second-order valence-electron chi connectivity index (χ2n) is 4.10. The lowest BCUT2D eigenvalue weighted by molar-refractivity contribution is 0.187. The van der Waals surface area contributed by atoms with E-state index in [-0.39, 0.29) is 0 Å². The van der Waals surface area contributed by atoms with Gasteiger partial charge in [0, 0.05) is 31.6 Å². The third kappa shape index (κ3) is 2.30. The average molecular weight is 255 g/mol. The predicted octanol–water partition coefficient (Wildman–Crippen LogP) is 1.53. The zero-order valence-electron chi connectivity index (χ0n) is 10.5. The molecule has 0 saturated heterocycles. The Morgan fingerprint density at radius 2 is 2.00 bits per heavy atom. The Balaban J connectivity index is 2.01. The lowest BCUT2D eigenvalue weighted by Crippen LogP contribution is -2.04. The van der Waals surface area contributed by atoms with E-state index < -0.39 is 0 Å². The Hall–Kier alpha value is -2.34. The van der Waals surface area contributed by atoms with Gasteiger partial charge in [-0.15, -0.1) is 10.2 Å². The van der Waals surface area contributed by atoms with Crippen molar-refractivity contribution in [1.29, 1.82) is 0 Å². The van der Waals surface area contributed by atoms with E-state index in [1.807, 2.05) is 22.8 Å². The molecule has 2 heterocycles. The summed E-state index contributed by atoms with van der Waals surface area (Å²) in [6.07, 6.45) is 5.07. The van der Waals surface area contributed by atoms with Crippen LogP contribution in [-0.4, -0.2) is 38.4 Å². The highest BCUT2D eigenvalue weighted by Crippen LogP contribution is 2.20. The van der Waals surface area contributed by atoms with Gasteiger partial charge in [-0.2, -0.15) is 0 Å². The van der Waals surface area contributed by atoms with Crippen LogP contribution in [0, 0.1) is 0 Å². The topological polar surface area (TPSA) is 65.7 Å². The summed E-state index contributed by atoms with van der Waals surface area (Å²) in [5.41, 5.74) is 2.69. The van der Waals surface area contributed by atoms with Crippen LogP contribution in [0.4, 0.5) is 0 Å². The molecule has 96 valence electrons. The Morgan fingerprint density at radius 1 is 1.16 bits per heavy atom. The molecule has 0 atom stereocenters. The molecule has 0 unspecified atom stereocenters. The second kappa shape index (κ2) is 5.11. The standard InChI is InChI=1S/C13H13N5O/c1-19-7-6-18-9-16-17-13(18)10-2-3-11-12(8-10)15-5-4-14-11/h2-5,8-9H,6-7H2,1H3. The molecule has 6 nitrogen and oxygen atoms in total. The lowest BCUT2D eigenvalue weighted by atomic mass is 10.2. The number of aromatic nitrogens is 5. The van der Waals surface area contributed by atoms with Gasteiger partial charge in [-0.1, -0.05) is 0 Å². The number of ether oxygens (including phenoxy) is 1. The van der Waals surface area contributed by atoms with Crippen molar-refractivity contribution in [2.45, 2.75) is 6.54 Å². The normalized spacial score (nSPS) is 11.0. The van der Waals surface area contributed by atoms with Crippen LogP contribution in [0.2, 0.25) is 0 Å². The molecule has 2 aromatic heterocycles. The molecule has 0 amide bonds. The molecule has 1 aromatic carbocycles. The summed E-state index contributed by atoms with van der Waals surface area (Å²) in [4.78, 5) is 8.55. The molecule has 0 spiro atoms. The quantitative estimate of drug-likeness (QED) is 0.707. The van der Waals surface area contributed by atoms with E-state index >= 15 is 0 Å². The number of hydrogen-bond acceptors (Lipinski definition) is 5. The maximum atomic E-state index is 5.08. The van der Waals surface area contributed by atoms with Gasteiger partial charge in [0.1, 0.15) is 6.33 Å². The molecule has 0 bridgehead atoms. The molecule has 3 rings (SSSR count). The van der Waals surface area contributed by atoms with E-state index in [4.69, 9.17) is 4.74 Å². The molecule has 0 aliphatic heterocycles. The second-order valence-corrected chi connectivity index (χ2v) is 4.10. The first-order valence-corrected chi connectivity index (χ1v) is 5.96. The molecule has 0 saturated carbocycles. The van der Waals surface area contributed by atoms with Gasteiger partial charge in [-0.25, -0.2) is 0 Å². The van der Waals surface area contributed by atoms with Crippen LogP contribution in [0.5, 0.6) is 0 Å². The monoisotopic (exact) mass is 255 g/mol. The van der Waals surface area contributed by atoms with E-state index in [1.54, 1.807) is 25.8 Å². The van der Waals surface area contributed by atoms with Crippen molar-refractivity contribution in [2.75, 3.05) is 13.7 Å². The van der Waals surface area contributed by atoms with Crippen molar-refractivity contribution >= 4 is 11.0 Å². The summed E-state index contributed by atoms with van der Waals surface area (Å²) in [6.45, 7) is 1.34. The van der Waals surface area contributed by atoms with Crippen LogP contribution < -0.4 is 0 Å². The smallest absolute Gasteiger partial charge is 0.163 e. The molecule has 19 heavy (non-hydrogen) atoms. The zero-order valence-corrected chi connectivity index (χ0v) is 10.5. The molecule has 0 aliphatic rings. The Kier molecular flexibility index (Phi) is 3.16. The van der Waals surface area contributed by atoms with Crippen molar-refractivity contribution in [3.63, 3.8) is 0 Å². The molecule has 3 aromatic rings. The molecule has 0 aliphatic carbocycles. The fourth-order valence-corrected chi connectivity index (χ4v) is 1.93. The minimum atomic E-state index is 0.623. The van der Waals surface area contributed by atoms with Gasteiger partial charge in [0.05, 0.1) is 17.6 Å². The molecule has 0 N–H and O–H groups in total. The first-order valence-electron chi connectivity index (χ1n) is 5.96. The van der Waals surface area contributed by atoms with Gasteiger partial charge >= 0.3 is 0 Å².